The highest BCUT2D eigenvalue weighted by molar-refractivity contribution is 4.95. The second kappa shape index (κ2) is 2.70. The Morgan fingerprint density at radius 2 is 2.00 bits per heavy atom. The van der Waals surface area contributed by atoms with Gasteiger partial charge in [-0.3, -0.25) is 0 Å². The maximum Gasteiger partial charge on any atom is 0.254 e. The Bertz CT molecular complexity index is 147. The van der Waals surface area contributed by atoms with Crippen LogP contribution in [-0.4, -0.2) is 19.5 Å². The highest BCUT2D eigenvalue weighted by Gasteiger charge is 2.52. The van der Waals surface area contributed by atoms with E-state index < -0.39 is 11.3 Å². The Kier molecular flexibility index (Phi) is 2.19. The summed E-state index contributed by atoms with van der Waals surface area (Å²) < 4.78 is 26.3. The molecule has 0 spiro atoms. The van der Waals surface area contributed by atoms with E-state index >= 15 is 0 Å². The van der Waals surface area contributed by atoms with Crippen LogP contribution in [0.15, 0.2) is 0 Å². The molecule has 1 fully saturated rings. The van der Waals surface area contributed by atoms with Gasteiger partial charge in [0.15, 0.2) is 0 Å². The molecule has 0 radical (unpaired) electrons. The second-order valence-corrected chi connectivity index (χ2v) is 3.65. The number of alkyl halides is 2. The van der Waals surface area contributed by atoms with Crippen molar-refractivity contribution in [3.8, 4) is 0 Å². The van der Waals surface area contributed by atoms with Gasteiger partial charge in [-0.2, -0.15) is 0 Å². The Morgan fingerprint density at radius 3 is 2.36 bits per heavy atom. The Hall–Kier alpha value is -0.180. The zero-order valence-electron chi connectivity index (χ0n) is 7.08. The average Bonchev–Trinajstić information content (AvgIpc) is 2.09. The summed E-state index contributed by atoms with van der Waals surface area (Å²) in [7, 11) is 1.72. The molecule has 0 aromatic carbocycles. The third kappa shape index (κ3) is 1.39. The fourth-order valence-corrected chi connectivity index (χ4v) is 1.79. The predicted octanol–water partition coefficient (Wildman–Crippen LogP) is 2.03. The molecule has 1 saturated carbocycles. The van der Waals surface area contributed by atoms with E-state index in [0.717, 1.165) is 0 Å². The van der Waals surface area contributed by atoms with Crippen LogP contribution in [0, 0.1) is 5.41 Å². The highest BCUT2D eigenvalue weighted by Crippen LogP contribution is 2.49. The van der Waals surface area contributed by atoms with Crippen LogP contribution in [0.5, 0.6) is 0 Å². The van der Waals surface area contributed by atoms with Gasteiger partial charge in [0.25, 0.3) is 5.92 Å². The summed E-state index contributed by atoms with van der Waals surface area (Å²) in [6, 6.07) is 0. The van der Waals surface area contributed by atoms with Gasteiger partial charge >= 0.3 is 0 Å². The molecule has 66 valence electrons. The number of halogens is 2. The summed E-state index contributed by atoms with van der Waals surface area (Å²) in [5, 5.41) is 2.83. The lowest BCUT2D eigenvalue weighted by atomic mass is 9.86. The van der Waals surface area contributed by atoms with E-state index in [-0.39, 0.29) is 6.42 Å². The Morgan fingerprint density at radius 1 is 1.36 bits per heavy atom. The minimum atomic E-state index is -2.46. The summed E-state index contributed by atoms with van der Waals surface area (Å²) in [5.41, 5.74) is -0.804. The molecule has 1 N–H and O–H groups in total. The van der Waals surface area contributed by atoms with Crippen molar-refractivity contribution in [2.24, 2.45) is 5.41 Å². The Labute approximate surface area is 66.2 Å². The molecule has 1 rings (SSSR count). The first-order valence-electron chi connectivity index (χ1n) is 4.04. The van der Waals surface area contributed by atoms with Gasteiger partial charge in [0.1, 0.15) is 0 Å². The number of hydrogen-bond acceptors (Lipinski definition) is 1. The minimum Gasteiger partial charge on any atom is -0.319 e. The minimum absolute atomic E-state index is 0.0607. The number of rotatable bonds is 2. The quantitative estimate of drug-likeness (QED) is 0.656. The van der Waals surface area contributed by atoms with Crippen molar-refractivity contribution in [3.05, 3.63) is 0 Å². The molecule has 0 aromatic heterocycles. The van der Waals surface area contributed by atoms with Crippen LogP contribution in [0.25, 0.3) is 0 Å². The van der Waals surface area contributed by atoms with Crippen LogP contribution in [0.2, 0.25) is 0 Å². The van der Waals surface area contributed by atoms with Crippen molar-refractivity contribution in [2.75, 3.05) is 13.6 Å². The topological polar surface area (TPSA) is 12.0 Å². The van der Waals surface area contributed by atoms with E-state index in [1.54, 1.807) is 14.0 Å². The van der Waals surface area contributed by atoms with E-state index in [9.17, 15) is 8.78 Å². The van der Waals surface area contributed by atoms with Crippen molar-refractivity contribution >= 4 is 0 Å². The first kappa shape index (κ1) is 8.91. The standard InChI is InChI=1S/C8H15F2N/c1-7(6-11-2)4-3-5-8(7,9)10/h11H,3-6H2,1-2H3/t7-/m1/s1. The second-order valence-electron chi connectivity index (χ2n) is 3.65. The van der Waals surface area contributed by atoms with Gasteiger partial charge in [-0.05, 0) is 19.9 Å². The van der Waals surface area contributed by atoms with E-state index in [0.29, 0.717) is 19.4 Å². The molecule has 0 heterocycles. The van der Waals surface area contributed by atoms with Crippen LogP contribution in [-0.2, 0) is 0 Å². The lowest BCUT2D eigenvalue weighted by molar-refractivity contribution is -0.0876. The third-order valence-corrected chi connectivity index (χ3v) is 2.67. The molecule has 3 heteroatoms. The van der Waals surface area contributed by atoms with Crippen molar-refractivity contribution in [2.45, 2.75) is 32.1 Å². The first-order chi connectivity index (χ1) is 5.02. The molecule has 1 nitrogen and oxygen atoms in total. The molecule has 11 heavy (non-hydrogen) atoms. The molecule has 0 bridgehead atoms. The Balaban J connectivity index is 2.68. The van der Waals surface area contributed by atoms with Gasteiger partial charge in [-0.25, -0.2) is 8.78 Å². The zero-order valence-corrected chi connectivity index (χ0v) is 7.08. The SMILES string of the molecule is CNC[C@@]1(C)CCCC1(F)F. The van der Waals surface area contributed by atoms with Crippen molar-refractivity contribution in [1.29, 1.82) is 0 Å². The molecule has 0 aromatic rings. The van der Waals surface area contributed by atoms with Gasteiger partial charge < -0.3 is 5.32 Å². The van der Waals surface area contributed by atoms with E-state index in [2.05, 4.69) is 5.32 Å². The highest BCUT2D eigenvalue weighted by atomic mass is 19.3. The van der Waals surface area contributed by atoms with E-state index in [1.807, 2.05) is 0 Å². The van der Waals surface area contributed by atoms with Crippen LogP contribution < -0.4 is 5.32 Å². The van der Waals surface area contributed by atoms with Crippen LogP contribution in [0.3, 0.4) is 0 Å². The molecule has 0 saturated heterocycles. The third-order valence-electron chi connectivity index (χ3n) is 2.67. The average molecular weight is 163 g/mol. The van der Waals surface area contributed by atoms with Gasteiger partial charge in [-0.15, -0.1) is 0 Å². The van der Waals surface area contributed by atoms with Crippen molar-refractivity contribution < 1.29 is 8.78 Å². The molecule has 0 amide bonds. The van der Waals surface area contributed by atoms with Gasteiger partial charge in [-0.1, -0.05) is 6.92 Å². The van der Waals surface area contributed by atoms with Crippen molar-refractivity contribution in [3.63, 3.8) is 0 Å². The fraction of sp³-hybridized carbons (Fsp3) is 1.00. The molecular formula is C8H15F2N. The zero-order chi connectivity index (χ0) is 8.54. The van der Waals surface area contributed by atoms with Crippen LogP contribution in [0.1, 0.15) is 26.2 Å². The van der Waals surface area contributed by atoms with Crippen molar-refractivity contribution in [1.82, 2.24) is 5.32 Å². The maximum absolute atomic E-state index is 13.1. The molecule has 1 aliphatic rings. The lowest BCUT2D eigenvalue weighted by Gasteiger charge is -2.30. The fourth-order valence-electron chi connectivity index (χ4n) is 1.79. The molecule has 1 atom stereocenters. The normalized spacial score (nSPS) is 36.0. The summed E-state index contributed by atoms with van der Waals surface area (Å²) in [4.78, 5) is 0. The maximum atomic E-state index is 13.1. The molecular weight excluding hydrogens is 148 g/mol. The van der Waals surface area contributed by atoms with Gasteiger partial charge in [0, 0.05) is 18.4 Å². The number of hydrogen-bond donors (Lipinski definition) is 1. The predicted molar refractivity (Wildman–Crippen MR) is 40.8 cm³/mol. The largest absolute Gasteiger partial charge is 0.319 e. The summed E-state index contributed by atoms with van der Waals surface area (Å²) >= 11 is 0. The summed E-state index contributed by atoms with van der Waals surface area (Å²) in [6.07, 6.45) is 1.36. The molecule has 0 unspecified atom stereocenters. The van der Waals surface area contributed by atoms with Gasteiger partial charge in [0.2, 0.25) is 0 Å². The van der Waals surface area contributed by atoms with Crippen LogP contribution in [0.4, 0.5) is 8.78 Å². The summed E-state index contributed by atoms with van der Waals surface area (Å²) in [6.45, 7) is 2.08. The lowest BCUT2D eigenvalue weighted by Crippen LogP contribution is -2.41. The van der Waals surface area contributed by atoms with Gasteiger partial charge in [0.05, 0.1) is 0 Å². The first-order valence-corrected chi connectivity index (χ1v) is 4.04. The molecule has 0 aliphatic heterocycles. The number of nitrogens with one attached hydrogen (secondary N) is 1. The van der Waals surface area contributed by atoms with E-state index in [1.165, 1.54) is 0 Å². The monoisotopic (exact) mass is 163 g/mol. The van der Waals surface area contributed by atoms with E-state index in [4.69, 9.17) is 0 Å². The molecule has 1 aliphatic carbocycles. The smallest absolute Gasteiger partial charge is 0.254 e. The van der Waals surface area contributed by atoms with Crippen LogP contribution >= 0.6 is 0 Å². The summed E-state index contributed by atoms with van der Waals surface area (Å²) in [5.74, 6) is -2.46.